The lowest BCUT2D eigenvalue weighted by Crippen LogP contribution is -2.02. The van der Waals surface area contributed by atoms with Gasteiger partial charge < -0.3 is 15.9 Å². The Morgan fingerprint density at radius 2 is 0.919 bits per heavy atom. The van der Waals surface area contributed by atoms with Gasteiger partial charge in [-0.2, -0.15) is 0 Å². The van der Waals surface area contributed by atoms with Crippen LogP contribution in [0.1, 0.15) is 0 Å². The molecular weight excluding hydrogens is 456 g/mol. The summed E-state index contributed by atoms with van der Waals surface area (Å²) in [5.41, 5.74) is 18.5. The van der Waals surface area contributed by atoms with Crippen molar-refractivity contribution in [3.8, 4) is 22.3 Å². The van der Waals surface area contributed by atoms with E-state index in [1.54, 1.807) is 0 Å². The molecule has 0 bridgehead atoms. The van der Waals surface area contributed by atoms with E-state index in [0.717, 1.165) is 55.2 Å². The third-order valence-corrected chi connectivity index (χ3v) is 7.07. The van der Waals surface area contributed by atoms with Crippen molar-refractivity contribution in [2.45, 2.75) is 0 Å². The molecule has 0 saturated heterocycles. The van der Waals surface area contributed by atoms with Crippen LogP contribution in [0.15, 0.2) is 118 Å². The Balaban J connectivity index is 1.33. The number of rotatable bonds is 2. The fourth-order valence-electron chi connectivity index (χ4n) is 5.10. The van der Waals surface area contributed by atoms with Crippen LogP contribution in [-0.4, -0.2) is 0 Å². The predicted molar refractivity (Wildman–Crippen MR) is 155 cm³/mol. The first-order valence-corrected chi connectivity index (χ1v) is 12.1. The van der Waals surface area contributed by atoms with E-state index in [1.165, 1.54) is 0 Å². The first-order chi connectivity index (χ1) is 18.0. The van der Waals surface area contributed by atoms with Crippen molar-refractivity contribution < 1.29 is 4.42 Å². The normalized spacial score (nSPS) is 11.6. The van der Waals surface area contributed by atoms with Crippen LogP contribution >= 0.6 is 0 Å². The van der Waals surface area contributed by atoms with Crippen LogP contribution in [0, 0.1) is 0 Å². The molecule has 0 radical (unpaired) electrons. The van der Waals surface area contributed by atoms with Crippen molar-refractivity contribution in [1.29, 1.82) is 0 Å². The van der Waals surface area contributed by atoms with Crippen molar-refractivity contribution in [1.82, 2.24) is 0 Å². The molecule has 1 aromatic heterocycles. The second-order valence-corrected chi connectivity index (χ2v) is 9.50. The minimum absolute atomic E-state index is 0.0350. The number of benzene rings is 6. The molecule has 1 heterocycles. The quantitative estimate of drug-likeness (QED) is 0.197. The first kappa shape index (κ1) is 21.2. The maximum atomic E-state index is 13.5. The van der Waals surface area contributed by atoms with E-state index in [0.29, 0.717) is 21.9 Å². The molecule has 4 nitrogen and oxygen atoms in total. The third kappa shape index (κ3) is 3.58. The van der Waals surface area contributed by atoms with Crippen LogP contribution in [-0.2, 0) is 0 Å². The van der Waals surface area contributed by atoms with E-state index in [9.17, 15) is 4.79 Å². The number of nitrogens with two attached hydrogens (primary N) is 2. The molecule has 0 unspecified atom stereocenters. The summed E-state index contributed by atoms with van der Waals surface area (Å²) in [6.45, 7) is 0. The van der Waals surface area contributed by atoms with E-state index < -0.39 is 0 Å². The molecule has 4 N–H and O–H groups in total. The molecular formula is C33H22N2O2. The number of anilines is 2. The maximum Gasteiger partial charge on any atom is 0.200 e. The van der Waals surface area contributed by atoms with Gasteiger partial charge in [-0.1, -0.05) is 48.5 Å². The Labute approximate surface area is 212 Å². The summed E-state index contributed by atoms with van der Waals surface area (Å²) in [6.07, 6.45) is 0. The van der Waals surface area contributed by atoms with Crippen LogP contribution in [0.25, 0.3) is 65.7 Å². The molecule has 6 aromatic carbocycles. The summed E-state index contributed by atoms with van der Waals surface area (Å²) in [4.78, 5) is 13.5. The van der Waals surface area contributed by atoms with E-state index in [-0.39, 0.29) is 5.43 Å². The largest absolute Gasteiger partial charge is 0.456 e. The topological polar surface area (TPSA) is 82.2 Å². The molecule has 37 heavy (non-hydrogen) atoms. The summed E-state index contributed by atoms with van der Waals surface area (Å²) >= 11 is 0. The zero-order chi connectivity index (χ0) is 25.1. The molecule has 4 heteroatoms. The average Bonchev–Trinajstić information content (AvgIpc) is 2.92. The van der Waals surface area contributed by atoms with Crippen LogP contribution in [0.4, 0.5) is 11.4 Å². The van der Waals surface area contributed by atoms with Crippen molar-refractivity contribution in [3.05, 3.63) is 119 Å². The van der Waals surface area contributed by atoms with Gasteiger partial charge in [0.2, 0.25) is 5.43 Å². The smallest absolute Gasteiger partial charge is 0.200 e. The summed E-state index contributed by atoms with van der Waals surface area (Å²) in [5.74, 6) is 0. The highest BCUT2D eigenvalue weighted by Crippen LogP contribution is 2.31. The minimum Gasteiger partial charge on any atom is -0.456 e. The van der Waals surface area contributed by atoms with Crippen LogP contribution in [0.3, 0.4) is 0 Å². The average molecular weight is 479 g/mol. The van der Waals surface area contributed by atoms with Crippen LogP contribution < -0.4 is 16.9 Å². The van der Waals surface area contributed by atoms with Crippen molar-refractivity contribution >= 4 is 54.9 Å². The van der Waals surface area contributed by atoms with E-state index in [4.69, 9.17) is 15.9 Å². The van der Waals surface area contributed by atoms with E-state index in [2.05, 4.69) is 36.4 Å². The molecule has 0 aliphatic heterocycles. The second-order valence-electron chi connectivity index (χ2n) is 9.50. The Morgan fingerprint density at radius 3 is 1.57 bits per heavy atom. The fourth-order valence-corrected chi connectivity index (χ4v) is 5.10. The van der Waals surface area contributed by atoms with Gasteiger partial charge in [-0.25, -0.2) is 0 Å². The lowest BCUT2D eigenvalue weighted by molar-refractivity contribution is 0.660. The first-order valence-electron chi connectivity index (χ1n) is 12.1. The molecule has 176 valence electrons. The van der Waals surface area contributed by atoms with Gasteiger partial charge in [-0.3, -0.25) is 4.79 Å². The van der Waals surface area contributed by atoms with Gasteiger partial charge in [-0.15, -0.1) is 0 Å². The summed E-state index contributed by atoms with van der Waals surface area (Å²) in [6, 6.07) is 35.8. The molecule has 7 aromatic rings. The van der Waals surface area contributed by atoms with E-state index in [1.807, 2.05) is 72.8 Å². The van der Waals surface area contributed by atoms with E-state index >= 15 is 0 Å². The highest BCUT2D eigenvalue weighted by molar-refractivity contribution is 5.96. The lowest BCUT2D eigenvalue weighted by atomic mass is 9.98. The number of hydrogen-bond acceptors (Lipinski definition) is 4. The van der Waals surface area contributed by atoms with Crippen molar-refractivity contribution in [2.24, 2.45) is 0 Å². The zero-order valence-electron chi connectivity index (χ0n) is 19.9. The fraction of sp³-hybridized carbons (Fsp3) is 0. The van der Waals surface area contributed by atoms with Crippen LogP contribution in [0.2, 0.25) is 0 Å². The standard InChI is InChI=1S/C33H22N2O2/c34-27-9-5-21-13-19(1-3-23(21)15-27)25-8-12-31-30(17-25)33(36)29-11-7-26(18-32(29)37-31)20-2-4-24-16-28(35)10-6-22(24)14-20/h1-18H,34-35H2. The maximum absolute atomic E-state index is 13.5. The zero-order valence-corrected chi connectivity index (χ0v) is 19.9. The van der Waals surface area contributed by atoms with Gasteiger partial charge in [0.25, 0.3) is 0 Å². The van der Waals surface area contributed by atoms with Crippen molar-refractivity contribution in [2.75, 3.05) is 11.5 Å². The van der Waals surface area contributed by atoms with Gasteiger partial charge in [0.15, 0.2) is 0 Å². The minimum atomic E-state index is -0.0350. The summed E-state index contributed by atoms with van der Waals surface area (Å²) in [7, 11) is 0. The molecule has 0 fully saturated rings. The van der Waals surface area contributed by atoms with Gasteiger partial charge in [0.05, 0.1) is 10.8 Å². The van der Waals surface area contributed by atoms with Gasteiger partial charge in [-0.05, 0) is 104 Å². The molecule has 0 saturated carbocycles. The van der Waals surface area contributed by atoms with Crippen molar-refractivity contribution in [3.63, 3.8) is 0 Å². The highest BCUT2D eigenvalue weighted by atomic mass is 16.3. The summed E-state index contributed by atoms with van der Waals surface area (Å²) < 4.78 is 6.24. The summed E-state index contributed by atoms with van der Waals surface area (Å²) in [5, 5.41) is 5.52. The van der Waals surface area contributed by atoms with Crippen LogP contribution in [0.5, 0.6) is 0 Å². The number of nitrogen functional groups attached to an aromatic ring is 2. The Morgan fingerprint density at radius 1 is 0.432 bits per heavy atom. The van der Waals surface area contributed by atoms with Gasteiger partial charge >= 0.3 is 0 Å². The highest BCUT2D eigenvalue weighted by Gasteiger charge is 2.11. The Kier molecular flexibility index (Phi) is 4.57. The third-order valence-electron chi connectivity index (χ3n) is 7.07. The number of hydrogen-bond donors (Lipinski definition) is 2. The van der Waals surface area contributed by atoms with Gasteiger partial charge in [0.1, 0.15) is 11.2 Å². The SMILES string of the molecule is Nc1ccc2cc(-c3ccc4c(=O)c5cc(-c6ccc7cc(N)ccc7c6)ccc5oc4c3)ccc2c1. The monoisotopic (exact) mass is 478 g/mol. The lowest BCUT2D eigenvalue weighted by Gasteiger charge is -2.09. The second kappa shape index (κ2) is 7.97. The molecule has 0 spiro atoms. The molecule has 0 atom stereocenters. The Bertz CT molecular complexity index is 2090. The molecule has 0 aliphatic carbocycles. The molecule has 0 amide bonds. The predicted octanol–water partition coefficient (Wildman–Crippen LogP) is 7.75. The van der Waals surface area contributed by atoms with Gasteiger partial charge in [0, 0.05) is 11.4 Å². The molecule has 0 aliphatic rings. The number of fused-ring (bicyclic) bond motifs is 4. The Hall–Kier alpha value is -5.09. The molecule has 7 rings (SSSR count).